The highest BCUT2D eigenvalue weighted by molar-refractivity contribution is 7.99. The van der Waals surface area contributed by atoms with E-state index in [4.69, 9.17) is 4.74 Å². The molecule has 10 nitrogen and oxygen atoms in total. The van der Waals surface area contributed by atoms with Gasteiger partial charge in [0, 0.05) is 36.2 Å². The van der Waals surface area contributed by atoms with Gasteiger partial charge >= 0.3 is 0 Å². The summed E-state index contributed by atoms with van der Waals surface area (Å²) < 4.78 is 5.49. The van der Waals surface area contributed by atoms with Crippen molar-refractivity contribution in [1.29, 1.82) is 0 Å². The first kappa shape index (κ1) is 25.1. The van der Waals surface area contributed by atoms with Crippen molar-refractivity contribution in [3.05, 3.63) is 81.9 Å². The van der Waals surface area contributed by atoms with Crippen LogP contribution in [-0.4, -0.2) is 84.8 Å². The van der Waals surface area contributed by atoms with Gasteiger partial charge in [0.05, 0.1) is 11.5 Å². The molecule has 0 saturated carbocycles. The van der Waals surface area contributed by atoms with E-state index in [0.717, 1.165) is 5.70 Å². The number of ketones is 1. The Morgan fingerprint density at radius 3 is 2.64 bits per heavy atom. The van der Waals surface area contributed by atoms with Crippen LogP contribution in [0, 0.1) is 10.1 Å². The molecule has 4 N–H and O–H groups in total. The first-order chi connectivity index (χ1) is 15.8. The topological polar surface area (TPSA) is 154 Å². The Morgan fingerprint density at radius 2 is 1.91 bits per heavy atom. The minimum Gasteiger partial charge on any atom is -0.394 e. The molecule has 11 heteroatoms. The summed E-state index contributed by atoms with van der Waals surface area (Å²) in [6, 6.07) is 0. The Kier molecular flexibility index (Phi) is 8.78. The predicted octanol–water partition coefficient (Wildman–Crippen LogP) is 0.405. The third-order valence-corrected chi connectivity index (χ3v) is 6.53. The number of aliphatic hydroxyl groups excluding tert-OH is 4. The van der Waals surface area contributed by atoms with Crippen LogP contribution in [0.5, 0.6) is 0 Å². The van der Waals surface area contributed by atoms with Crippen LogP contribution in [0.1, 0.15) is 6.42 Å². The molecule has 3 aliphatic rings. The number of nitro groups is 1. The minimum absolute atomic E-state index is 0.152. The maximum Gasteiger partial charge on any atom is 0.270 e. The van der Waals surface area contributed by atoms with Gasteiger partial charge in [-0.15, -0.1) is 11.8 Å². The summed E-state index contributed by atoms with van der Waals surface area (Å²) in [6.45, 7) is 0.136. The van der Waals surface area contributed by atoms with Gasteiger partial charge < -0.3 is 30.1 Å². The summed E-state index contributed by atoms with van der Waals surface area (Å²) in [7, 11) is 0. The summed E-state index contributed by atoms with van der Waals surface area (Å²) in [5.41, 5.74) is 0.0875. The standard InChI is InChI=1S/C22H26N2O8S/c25-13-18-19(27)20(28)21(29)22(32-18)33-11-3-10-23-9-2-1-4-15(23)6-5-14-12-16(24(30)31)7-8-17(14)26/h1-2,4-9,12,18-22,25,27-29H,3,10-11,13H2/b14-5-,15-6+/t18-,19-,20+,21-,22+/m1/s1. The second-order valence-corrected chi connectivity index (χ2v) is 8.76. The molecule has 1 saturated heterocycles. The molecule has 1 aliphatic carbocycles. The molecule has 2 heterocycles. The number of hydrogen-bond donors (Lipinski definition) is 4. The number of allylic oxidation sites excluding steroid dienone is 9. The molecule has 0 aromatic rings. The molecule has 0 spiro atoms. The Morgan fingerprint density at radius 1 is 1.12 bits per heavy atom. The normalized spacial score (nSPS) is 32.0. The molecular weight excluding hydrogens is 452 g/mol. The number of hydrogen-bond acceptors (Lipinski definition) is 10. The lowest BCUT2D eigenvalue weighted by molar-refractivity contribution is -0.419. The van der Waals surface area contributed by atoms with E-state index >= 15 is 0 Å². The highest BCUT2D eigenvalue weighted by Crippen LogP contribution is 2.29. The van der Waals surface area contributed by atoms with E-state index in [9.17, 15) is 35.3 Å². The lowest BCUT2D eigenvalue weighted by atomic mass is 10.0. The SMILES string of the molecule is O=C1C=CC([N+](=O)[O-])=C/C1=C/C=C1\C=CC=CN1CCCS[C@@H]1O[C@H](CO)[C@@H](O)[C@H](O)[C@H]1O. The second-order valence-electron chi connectivity index (χ2n) is 7.55. The van der Waals surface area contributed by atoms with Crippen LogP contribution >= 0.6 is 11.8 Å². The van der Waals surface area contributed by atoms with Crippen molar-refractivity contribution < 1.29 is 34.9 Å². The van der Waals surface area contributed by atoms with E-state index < -0.39 is 41.4 Å². The molecule has 3 rings (SSSR count). The van der Waals surface area contributed by atoms with Crippen LogP contribution in [0.25, 0.3) is 0 Å². The maximum absolute atomic E-state index is 12.0. The van der Waals surface area contributed by atoms with Crippen molar-refractivity contribution >= 4 is 17.5 Å². The van der Waals surface area contributed by atoms with E-state index in [2.05, 4.69) is 0 Å². The van der Waals surface area contributed by atoms with Gasteiger partial charge in [-0.3, -0.25) is 14.9 Å². The average Bonchev–Trinajstić information content (AvgIpc) is 2.81. The van der Waals surface area contributed by atoms with E-state index in [1.807, 2.05) is 29.3 Å². The quantitative estimate of drug-likeness (QED) is 0.167. The molecule has 2 aliphatic heterocycles. The molecule has 178 valence electrons. The number of thioether (sulfide) groups is 1. The first-order valence-corrected chi connectivity index (χ1v) is 11.4. The zero-order valence-corrected chi connectivity index (χ0v) is 18.5. The number of carbonyl (C=O) groups is 1. The van der Waals surface area contributed by atoms with Gasteiger partial charge in [-0.25, -0.2) is 0 Å². The van der Waals surface area contributed by atoms with Crippen LogP contribution in [0.2, 0.25) is 0 Å². The largest absolute Gasteiger partial charge is 0.394 e. The van der Waals surface area contributed by atoms with Crippen molar-refractivity contribution in [3.8, 4) is 0 Å². The fourth-order valence-electron chi connectivity index (χ4n) is 3.44. The Balaban J connectivity index is 1.57. The molecule has 0 aromatic heterocycles. The van der Waals surface area contributed by atoms with E-state index in [1.54, 1.807) is 12.2 Å². The summed E-state index contributed by atoms with van der Waals surface area (Å²) in [5.74, 6) is 0.263. The summed E-state index contributed by atoms with van der Waals surface area (Å²) >= 11 is 1.28. The van der Waals surface area contributed by atoms with Crippen molar-refractivity contribution in [1.82, 2.24) is 4.90 Å². The third kappa shape index (κ3) is 6.28. The molecule has 0 unspecified atom stereocenters. The number of ether oxygens (including phenoxy) is 1. The molecule has 0 bridgehead atoms. The van der Waals surface area contributed by atoms with Crippen molar-refractivity contribution in [2.24, 2.45) is 0 Å². The number of nitrogens with zero attached hydrogens (tertiary/aromatic N) is 2. The van der Waals surface area contributed by atoms with Gasteiger partial charge in [0.1, 0.15) is 29.9 Å². The summed E-state index contributed by atoms with van der Waals surface area (Å²) in [4.78, 5) is 24.4. The van der Waals surface area contributed by atoms with Crippen LogP contribution in [0.15, 0.2) is 71.8 Å². The smallest absolute Gasteiger partial charge is 0.270 e. The van der Waals surface area contributed by atoms with E-state index in [0.29, 0.717) is 18.7 Å². The summed E-state index contributed by atoms with van der Waals surface area (Å²) in [5, 5.41) is 50.1. The molecule has 0 amide bonds. The van der Waals surface area contributed by atoms with Gasteiger partial charge in [0.15, 0.2) is 5.78 Å². The maximum atomic E-state index is 12.0. The monoisotopic (exact) mass is 478 g/mol. The van der Waals surface area contributed by atoms with Gasteiger partial charge in [-0.05, 0) is 42.6 Å². The molecule has 1 fully saturated rings. The zero-order valence-electron chi connectivity index (χ0n) is 17.6. The van der Waals surface area contributed by atoms with Crippen LogP contribution < -0.4 is 0 Å². The third-order valence-electron chi connectivity index (χ3n) is 5.29. The molecular formula is C22H26N2O8S. The van der Waals surface area contributed by atoms with Crippen molar-refractivity contribution in [2.45, 2.75) is 36.3 Å². The first-order valence-electron chi connectivity index (χ1n) is 10.4. The average molecular weight is 479 g/mol. The molecule has 33 heavy (non-hydrogen) atoms. The van der Waals surface area contributed by atoms with E-state index in [-0.39, 0.29) is 17.1 Å². The lowest BCUT2D eigenvalue weighted by Crippen LogP contribution is -2.57. The Labute approximate surface area is 194 Å². The number of rotatable bonds is 8. The number of carbonyl (C=O) groups excluding carboxylic acids is 1. The molecule has 0 radical (unpaired) electrons. The van der Waals surface area contributed by atoms with E-state index in [1.165, 1.54) is 30.0 Å². The van der Waals surface area contributed by atoms with Gasteiger partial charge in [0.25, 0.3) is 5.70 Å². The van der Waals surface area contributed by atoms with Crippen LogP contribution in [-0.2, 0) is 9.53 Å². The second kappa shape index (κ2) is 11.5. The van der Waals surface area contributed by atoms with Gasteiger partial charge in [-0.1, -0.05) is 6.08 Å². The van der Waals surface area contributed by atoms with Crippen molar-refractivity contribution in [2.75, 3.05) is 18.9 Å². The highest BCUT2D eigenvalue weighted by Gasteiger charge is 2.43. The number of aliphatic hydroxyl groups is 4. The minimum atomic E-state index is -1.40. The van der Waals surface area contributed by atoms with Crippen LogP contribution in [0.4, 0.5) is 0 Å². The van der Waals surface area contributed by atoms with Crippen molar-refractivity contribution in [3.63, 3.8) is 0 Å². The van der Waals surface area contributed by atoms with Gasteiger partial charge in [0.2, 0.25) is 0 Å². The zero-order chi connectivity index (χ0) is 24.0. The fraction of sp³-hybridized carbons (Fsp3) is 0.409. The highest BCUT2D eigenvalue weighted by atomic mass is 32.2. The Bertz CT molecular complexity index is 937. The molecule has 5 atom stereocenters. The van der Waals surface area contributed by atoms with Crippen LogP contribution in [0.3, 0.4) is 0 Å². The predicted molar refractivity (Wildman–Crippen MR) is 121 cm³/mol. The van der Waals surface area contributed by atoms with Gasteiger partial charge in [-0.2, -0.15) is 0 Å². The lowest BCUT2D eigenvalue weighted by Gasteiger charge is -2.39. The Hall–Kier alpha value is -2.54. The molecule has 0 aromatic carbocycles. The summed E-state index contributed by atoms with van der Waals surface area (Å²) in [6.07, 6.45) is 9.96. The fourth-order valence-corrected chi connectivity index (χ4v) is 4.55.